The SMILES string of the molecule is Nc1cc(Cl)cc2c1NCCC21NC(=O)NC1=O. The summed E-state index contributed by atoms with van der Waals surface area (Å²) in [6, 6.07) is 2.78. The van der Waals surface area contributed by atoms with Crippen LogP contribution in [-0.2, 0) is 10.3 Å². The van der Waals surface area contributed by atoms with Gasteiger partial charge in [-0.15, -0.1) is 0 Å². The Balaban J connectivity index is 2.23. The van der Waals surface area contributed by atoms with Crippen LogP contribution in [0.15, 0.2) is 12.1 Å². The lowest BCUT2D eigenvalue weighted by Gasteiger charge is -2.34. The van der Waals surface area contributed by atoms with E-state index >= 15 is 0 Å². The fraction of sp³-hybridized carbons (Fsp3) is 0.273. The molecule has 1 fully saturated rings. The number of imide groups is 1. The van der Waals surface area contributed by atoms with Gasteiger partial charge in [0.25, 0.3) is 5.91 Å². The standard InChI is InChI=1S/C11H11ClN4O2/c12-5-3-6-8(7(13)4-5)14-2-1-11(6)9(17)15-10(18)16-11/h3-4,14H,1-2,13H2,(H2,15,16,17,18). The molecule has 1 aromatic rings. The second kappa shape index (κ2) is 3.52. The Morgan fingerprint density at radius 2 is 2.11 bits per heavy atom. The van der Waals surface area contributed by atoms with E-state index in [0.29, 0.717) is 34.9 Å². The average Bonchev–Trinajstić information content (AvgIpc) is 2.56. The molecule has 0 aliphatic carbocycles. The molecule has 2 aliphatic rings. The number of carbonyl (C=O) groups excluding carboxylic acids is 2. The number of hydrogen-bond donors (Lipinski definition) is 4. The van der Waals surface area contributed by atoms with Gasteiger partial charge in [-0.2, -0.15) is 0 Å². The topological polar surface area (TPSA) is 96.2 Å². The van der Waals surface area contributed by atoms with Crippen molar-refractivity contribution in [1.82, 2.24) is 10.6 Å². The second-order valence-corrected chi connectivity index (χ2v) is 4.84. The number of fused-ring (bicyclic) bond motifs is 2. The summed E-state index contributed by atoms with van der Waals surface area (Å²) >= 11 is 5.98. The van der Waals surface area contributed by atoms with Gasteiger partial charge in [-0.25, -0.2) is 4.79 Å². The van der Waals surface area contributed by atoms with E-state index in [-0.39, 0.29) is 5.91 Å². The van der Waals surface area contributed by atoms with Gasteiger partial charge in [0.1, 0.15) is 5.54 Å². The number of benzene rings is 1. The molecule has 1 aromatic carbocycles. The van der Waals surface area contributed by atoms with Crippen molar-refractivity contribution in [3.05, 3.63) is 22.7 Å². The summed E-state index contributed by atoms with van der Waals surface area (Å²) < 4.78 is 0. The first kappa shape index (κ1) is 11.2. The molecule has 2 heterocycles. The largest absolute Gasteiger partial charge is 0.397 e. The number of urea groups is 1. The Hall–Kier alpha value is -1.95. The third-order valence-corrected chi connectivity index (χ3v) is 3.56. The van der Waals surface area contributed by atoms with Gasteiger partial charge in [0, 0.05) is 23.6 Å². The predicted molar refractivity (Wildman–Crippen MR) is 67.3 cm³/mol. The molecule has 3 amide bonds. The van der Waals surface area contributed by atoms with Crippen molar-refractivity contribution in [3.8, 4) is 0 Å². The Morgan fingerprint density at radius 1 is 1.33 bits per heavy atom. The van der Waals surface area contributed by atoms with E-state index in [2.05, 4.69) is 16.0 Å². The van der Waals surface area contributed by atoms with Crippen LogP contribution >= 0.6 is 11.6 Å². The highest BCUT2D eigenvalue weighted by Gasteiger charge is 2.50. The van der Waals surface area contributed by atoms with Gasteiger partial charge in [-0.1, -0.05) is 11.6 Å². The van der Waals surface area contributed by atoms with Crippen molar-refractivity contribution >= 4 is 34.9 Å². The van der Waals surface area contributed by atoms with E-state index in [1.807, 2.05) is 0 Å². The van der Waals surface area contributed by atoms with Crippen molar-refractivity contribution in [2.45, 2.75) is 12.0 Å². The summed E-state index contributed by atoms with van der Waals surface area (Å²) in [6.45, 7) is 0.548. The molecule has 5 N–H and O–H groups in total. The van der Waals surface area contributed by atoms with E-state index in [1.165, 1.54) is 0 Å². The molecule has 2 aliphatic heterocycles. The zero-order valence-electron chi connectivity index (χ0n) is 9.34. The molecule has 1 unspecified atom stereocenters. The van der Waals surface area contributed by atoms with Crippen LogP contribution in [0.3, 0.4) is 0 Å². The fourth-order valence-electron chi connectivity index (χ4n) is 2.53. The molecule has 0 aromatic heterocycles. The zero-order chi connectivity index (χ0) is 12.9. The average molecular weight is 267 g/mol. The monoisotopic (exact) mass is 266 g/mol. The fourth-order valence-corrected chi connectivity index (χ4v) is 2.76. The Labute approximate surface area is 108 Å². The Kier molecular flexibility index (Phi) is 2.18. The lowest BCUT2D eigenvalue weighted by Crippen LogP contribution is -2.48. The van der Waals surface area contributed by atoms with E-state index in [1.54, 1.807) is 12.1 Å². The summed E-state index contributed by atoms with van der Waals surface area (Å²) in [4.78, 5) is 23.4. The Morgan fingerprint density at radius 3 is 2.78 bits per heavy atom. The third kappa shape index (κ3) is 1.35. The first-order valence-electron chi connectivity index (χ1n) is 5.50. The van der Waals surface area contributed by atoms with Crippen LogP contribution in [0.4, 0.5) is 16.2 Å². The number of anilines is 2. The van der Waals surface area contributed by atoms with Crippen molar-refractivity contribution in [3.63, 3.8) is 0 Å². The van der Waals surface area contributed by atoms with Crippen LogP contribution in [-0.4, -0.2) is 18.5 Å². The van der Waals surface area contributed by atoms with E-state index in [0.717, 1.165) is 0 Å². The van der Waals surface area contributed by atoms with E-state index in [4.69, 9.17) is 17.3 Å². The Bertz CT molecular complexity index is 574. The van der Waals surface area contributed by atoms with Crippen molar-refractivity contribution < 1.29 is 9.59 Å². The van der Waals surface area contributed by atoms with Crippen molar-refractivity contribution in [2.75, 3.05) is 17.6 Å². The predicted octanol–water partition coefficient (Wildman–Crippen LogP) is 0.772. The minimum Gasteiger partial charge on any atom is -0.397 e. The molecule has 3 rings (SSSR count). The minimum absolute atomic E-state index is 0.364. The third-order valence-electron chi connectivity index (χ3n) is 3.34. The quantitative estimate of drug-likeness (QED) is 0.412. The zero-order valence-corrected chi connectivity index (χ0v) is 10.1. The highest BCUT2D eigenvalue weighted by atomic mass is 35.5. The van der Waals surface area contributed by atoms with Gasteiger partial charge in [-0.05, 0) is 12.1 Å². The molecule has 1 spiro atoms. The molecular formula is C11H11ClN4O2. The molecule has 1 saturated heterocycles. The first-order chi connectivity index (χ1) is 8.53. The van der Waals surface area contributed by atoms with Gasteiger partial charge >= 0.3 is 6.03 Å². The molecule has 7 heteroatoms. The molecule has 0 saturated carbocycles. The highest BCUT2D eigenvalue weighted by Crippen LogP contribution is 2.41. The summed E-state index contributed by atoms with van der Waals surface area (Å²) in [6.07, 6.45) is 0.456. The van der Waals surface area contributed by atoms with Crippen LogP contribution in [0.25, 0.3) is 0 Å². The maximum atomic E-state index is 12.0. The molecule has 18 heavy (non-hydrogen) atoms. The molecule has 0 bridgehead atoms. The van der Waals surface area contributed by atoms with Gasteiger partial charge in [0.2, 0.25) is 0 Å². The number of nitrogens with one attached hydrogen (secondary N) is 3. The number of rotatable bonds is 0. The van der Waals surface area contributed by atoms with Gasteiger partial charge in [0.05, 0.1) is 11.4 Å². The number of nitrogens with two attached hydrogens (primary N) is 1. The molecular weight excluding hydrogens is 256 g/mol. The van der Waals surface area contributed by atoms with Crippen LogP contribution in [0.2, 0.25) is 5.02 Å². The number of hydrogen-bond acceptors (Lipinski definition) is 4. The lowest BCUT2D eigenvalue weighted by atomic mass is 9.82. The maximum absolute atomic E-state index is 12.0. The molecule has 0 radical (unpaired) electrons. The summed E-state index contributed by atoms with van der Waals surface area (Å²) in [5, 5.41) is 8.50. The van der Waals surface area contributed by atoms with E-state index < -0.39 is 11.6 Å². The summed E-state index contributed by atoms with van der Waals surface area (Å²) in [5.74, 6) is -0.364. The minimum atomic E-state index is -1.06. The van der Waals surface area contributed by atoms with Gasteiger partial charge in [0.15, 0.2) is 0 Å². The number of carbonyl (C=O) groups is 2. The normalized spacial score (nSPS) is 25.4. The van der Waals surface area contributed by atoms with Crippen LogP contribution < -0.4 is 21.7 Å². The molecule has 94 valence electrons. The molecule has 1 atom stereocenters. The lowest BCUT2D eigenvalue weighted by molar-refractivity contribution is -0.124. The van der Waals surface area contributed by atoms with Crippen LogP contribution in [0, 0.1) is 0 Å². The molecule has 6 nitrogen and oxygen atoms in total. The summed E-state index contributed by atoms with van der Waals surface area (Å²) in [5.41, 5.74) is 6.56. The summed E-state index contributed by atoms with van der Waals surface area (Å²) in [7, 11) is 0. The van der Waals surface area contributed by atoms with Crippen molar-refractivity contribution in [2.24, 2.45) is 0 Å². The smallest absolute Gasteiger partial charge is 0.322 e. The second-order valence-electron chi connectivity index (χ2n) is 4.41. The maximum Gasteiger partial charge on any atom is 0.322 e. The number of amides is 3. The van der Waals surface area contributed by atoms with E-state index in [9.17, 15) is 9.59 Å². The highest BCUT2D eigenvalue weighted by molar-refractivity contribution is 6.31. The van der Waals surface area contributed by atoms with Gasteiger partial charge < -0.3 is 16.4 Å². The van der Waals surface area contributed by atoms with Gasteiger partial charge in [-0.3, -0.25) is 10.1 Å². The van der Waals surface area contributed by atoms with Crippen LogP contribution in [0.1, 0.15) is 12.0 Å². The first-order valence-corrected chi connectivity index (χ1v) is 5.88. The number of halogens is 1. The number of nitrogen functional groups attached to an aromatic ring is 1. The van der Waals surface area contributed by atoms with Crippen molar-refractivity contribution in [1.29, 1.82) is 0 Å². The van der Waals surface area contributed by atoms with Crippen LogP contribution in [0.5, 0.6) is 0 Å².